The van der Waals surface area contributed by atoms with E-state index in [0.717, 1.165) is 0 Å². The molecule has 5 nitrogen and oxygen atoms in total. The number of carbonyl (C=O) groups excluding carboxylic acids is 1. The summed E-state index contributed by atoms with van der Waals surface area (Å²) in [6, 6.07) is -0.757. The summed E-state index contributed by atoms with van der Waals surface area (Å²) >= 11 is 0. The van der Waals surface area contributed by atoms with Crippen molar-refractivity contribution >= 4 is 15.7 Å². The number of likely N-dealkylation sites (tertiary alicyclic amines) is 1. The van der Waals surface area contributed by atoms with Gasteiger partial charge in [-0.05, 0) is 12.5 Å². The second-order valence-electron chi connectivity index (χ2n) is 3.65. The first-order chi connectivity index (χ1) is 6.49. The third kappa shape index (κ3) is 1.55. The molecule has 6 heteroatoms. The first-order valence-corrected chi connectivity index (χ1v) is 6.18. The third-order valence-corrected chi connectivity index (χ3v) is 3.97. The van der Waals surface area contributed by atoms with Crippen LogP contribution in [0.4, 0.5) is 0 Å². The average Bonchev–Trinajstić information content (AvgIpc) is 2.59. The molecular weight excluding hydrogens is 204 g/mol. The van der Waals surface area contributed by atoms with Gasteiger partial charge in [0.05, 0.1) is 17.8 Å². The molecule has 14 heavy (non-hydrogen) atoms. The van der Waals surface area contributed by atoms with E-state index in [4.69, 9.17) is 5.73 Å². The van der Waals surface area contributed by atoms with Crippen LogP contribution in [0, 0.1) is 0 Å². The molecule has 2 heterocycles. The summed E-state index contributed by atoms with van der Waals surface area (Å²) < 4.78 is 22.3. The number of sulfone groups is 1. The summed E-state index contributed by atoms with van der Waals surface area (Å²) in [4.78, 5) is 13.0. The lowest BCUT2D eigenvalue weighted by molar-refractivity contribution is -0.129. The number of hydrogen-bond donors (Lipinski definition) is 1. The van der Waals surface area contributed by atoms with Crippen LogP contribution < -0.4 is 5.73 Å². The highest BCUT2D eigenvalue weighted by Crippen LogP contribution is 2.19. The molecule has 2 rings (SSSR count). The molecule has 2 aliphatic heterocycles. The van der Waals surface area contributed by atoms with Crippen LogP contribution in [-0.4, -0.2) is 43.6 Å². The van der Waals surface area contributed by atoms with E-state index in [1.165, 1.54) is 5.41 Å². The van der Waals surface area contributed by atoms with Crippen LogP contribution in [0.25, 0.3) is 0 Å². The Morgan fingerprint density at radius 1 is 1.50 bits per heavy atom. The molecule has 2 N–H and O–H groups in total. The van der Waals surface area contributed by atoms with E-state index in [1.807, 2.05) is 0 Å². The minimum Gasteiger partial charge on any atom is -0.334 e. The molecule has 1 saturated heterocycles. The quantitative estimate of drug-likeness (QED) is 0.600. The summed E-state index contributed by atoms with van der Waals surface area (Å²) in [5, 5.41) is 1.18. The second-order valence-corrected chi connectivity index (χ2v) is 5.58. The smallest absolute Gasteiger partial charge is 0.240 e. The van der Waals surface area contributed by atoms with Gasteiger partial charge < -0.3 is 10.6 Å². The third-order valence-electron chi connectivity index (χ3n) is 2.59. The van der Waals surface area contributed by atoms with Gasteiger partial charge in [0, 0.05) is 12.0 Å². The molecule has 2 aliphatic rings. The van der Waals surface area contributed by atoms with Crippen molar-refractivity contribution in [1.82, 2.24) is 4.90 Å². The van der Waals surface area contributed by atoms with Crippen molar-refractivity contribution in [2.75, 3.05) is 12.3 Å². The molecule has 2 unspecified atom stereocenters. The molecule has 0 radical (unpaired) electrons. The van der Waals surface area contributed by atoms with Crippen molar-refractivity contribution in [3.8, 4) is 0 Å². The van der Waals surface area contributed by atoms with Crippen LogP contribution in [0.15, 0.2) is 11.5 Å². The fourth-order valence-electron chi connectivity index (χ4n) is 1.81. The molecule has 0 aromatic carbocycles. The summed E-state index contributed by atoms with van der Waals surface area (Å²) in [5.41, 5.74) is 5.54. The van der Waals surface area contributed by atoms with E-state index in [9.17, 15) is 13.2 Å². The highest BCUT2D eigenvalue weighted by atomic mass is 32.2. The molecule has 78 valence electrons. The molecule has 1 fully saturated rings. The first-order valence-electron chi connectivity index (χ1n) is 4.47. The maximum atomic E-state index is 11.5. The average molecular weight is 216 g/mol. The van der Waals surface area contributed by atoms with E-state index < -0.39 is 15.9 Å². The van der Waals surface area contributed by atoms with Crippen molar-refractivity contribution in [1.29, 1.82) is 0 Å². The van der Waals surface area contributed by atoms with Crippen molar-refractivity contribution in [2.45, 2.75) is 18.5 Å². The largest absolute Gasteiger partial charge is 0.334 e. The molecule has 0 bridgehead atoms. The highest BCUT2D eigenvalue weighted by Gasteiger charge is 2.36. The fourth-order valence-corrected chi connectivity index (χ4v) is 3.11. The van der Waals surface area contributed by atoms with Crippen LogP contribution in [0.2, 0.25) is 0 Å². The van der Waals surface area contributed by atoms with Crippen molar-refractivity contribution in [3.63, 3.8) is 0 Å². The Bertz CT molecular complexity index is 387. The van der Waals surface area contributed by atoms with Gasteiger partial charge in [0.15, 0.2) is 9.84 Å². The van der Waals surface area contributed by atoms with Gasteiger partial charge >= 0.3 is 0 Å². The molecule has 0 aromatic rings. The van der Waals surface area contributed by atoms with Crippen molar-refractivity contribution in [3.05, 3.63) is 11.5 Å². The van der Waals surface area contributed by atoms with Gasteiger partial charge in [0.2, 0.25) is 5.91 Å². The molecular formula is C8H12N2O3S. The maximum absolute atomic E-state index is 11.5. The number of carbonyl (C=O) groups is 1. The predicted octanol–water partition coefficient (Wildman–Crippen LogP) is -1.14. The van der Waals surface area contributed by atoms with Gasteiger partial charge in [0.25, 0.3) is 0 Å². The first kappa shape index (κ1) is 9.67. The Labute approximate surface area is 82.5 Å². The van der Waals surface area contributed by atoms with Crippen LogP contribution in [0.1, 0.15) is 6.42 Å². The van der Waals surface area contributed by atoms with Gasteiger partial charge in [-0.2, -0.15) is 0 Å². The van der Waals surface area contributed by atoms with Crippen LogP contribution in [-0.2, 0) is 14.6 Å². The van der Waals surface area contributed by atoms with E-state index in [1.54, 1.807) is 11.0 Å². The zero-order chi connectivity index (χ0) is 10.3. The monoisotopic (exact) mass is 216 g/mol. The van der Waals surface area contributed by atoms with Crippen LogP contribution in [0.3, 0.4) is 0 Å². The van der Waals surface area contributed by atoms with E-state index >= 15 is 0 Å². The van der Waals surface area contributed by atoms with Crippen molar-refractivity contribution in [2.24, 2.45) is 5.73 Å². The Morgan fingerprint density at radius 3 is 2.64 bits per heavy atom. The lowest BCUT2D eigenvalue weighted by Gasteiger charge is -2.21. The summed E-state index contributed by atoms with van der Waals surface area (Å²) in [6.07, 6.45) is 2.18. The van der Waals surface area contributed by atoms with Crippen LogP contribution >= 0.6 is 0 Å². The maximum Gasteiger partial charge on any atom is 0.240 e. The summed E-state index contributed by atoms with van der Waals surface area (Å²) in [5.74, 6) is -0.136. The fraction of sp³-hybridized carbons (Fsp3) is 0.625. The Hall–Kier alpha value is -0.880. The van der Waals surface area contributed by atoms with E-state index in [2.05, 4.69) is 0 Å². The number of hydrogen-bond acceptors (Lipinski definition) is 4. The zero-order valence-electron chi connectivity index (χ0n) is 7.59. The Balaban J connectivity index is 2.13. The lowest BCUT2D eigenvalue weighted by atomic mass is 10.3. The molecule has 0 saturated carbocycles. The number of amides is 1. The predicted molar refractivity (Wildman–Crippen MR) is 51.0 cm³/mol. The minimum atomic E-state index is -3.09. The Kier molecular flexibility index (Phi) is 2.11. The van der Waals surface area contributed by atoms with Gasteiger partial charge in [-0.25, -0.2) is 8.42 Å². The molecule has 0 aromatic heterocycles. The van der Waals surface area contributed by atoms with Gasteiger partial charge in [0.1, 0.15) is 0 Å². The molecule has 1 amide bonds. The summed E-state index contributed by atoms with van der Waals surface area (Å²) in [6.45, 7) is 0.560. The highest BCUT2D eigenvalue weighted by molar-refractivity contribution is 7.94. The van der Waals surface area contributed by atoms with Gasteiger partial charge in [-0.1, -0.05) is 0 Å². The number of nitrogens with zero attached hydrogens (tertiary/aromatic N) is 1. The number of nitrogens with two attached hydrogens (primary N) is 1. The molecule has 2 atom stereocenters. The number of rotatable bonds is 1. The minimum absolute atomic E-state index is 0.00542. The standard InChI is InChI=1S/C8H12N2O3S/c9-7-1-3-10(8(7)11)6-2-4-14(12,13)5-6/h2,4,6-7H,1,3,5,9H2. The van der Waals surface area contributed by atoms with Crippen LogP contribution in [0.5, 0.6) is 0 Å². The summed E-state index contributed by atoms with van der Waals surface area (Å²) in [7, 11) is -3.09. The topological polar surface area (TPSA) is 80.5 Å². The zero-order valence-corrected chi connectivity index (χ0v) is 8.40. The second kappa shape index (κ2) is 3.06. The lowest BCUT2D eigenvalue weighted by Crippen LogP contribution is -2.41. The van der Waals surface area contributed by atoms with E-state index in [0.29, 0.717) is 13.0 Å². The normalized spacial score (nSPS) is 35.5. The van der Waals surface area contributed by atoms with E-state index in [-0.39, 0.29) is 17.7 Å². The van der Waals surface area contributed by atoms with Gasteiger partial charge in [-0.15, -0.1) is 0 Å². The molecule has 0 spiro atoms. The SMILES string of the molecule is NC1CCN(C2C=CS(=O)(=O)C2)C1=O. The molecule has 0 aliphatic carbocycles. The van der Waals surface area contributed by atoms with Gasteiger partial charge in [-0.3, -0.25) is 4.79 Å². The van der Waals surface area contributed by atoms with Crippen molar-refractivity contribution < 1.29 is 13.2 Å². The Morgan fingerprint density at radius 2 is 2.21 bits per heavy atom.